The lowest BCUT2D eigenvalue weighted by Gasteiger charge is -2.09. The van der Waals surface area contributed by atoms with Crippen LogP contribution in [0.1, 0.15) is 11.1 Å². The summed E-state index contributed by atoms with van der Waals surface area (Å²) in [4.78, 5) is 0. The molecule has 100 valence electrons. The second-order valence-corrected chi connectivity index (χ2v) is 5.15. The zero-order valence-electron chi connectivity index (χ0n) is 10.4. The van der Waals surface area contributed by atoms with E-state index in [0.29, 0.717) is 13.0 Å². The Morgan fingerprint density at radius 3 is 2.47 bits per heavy atom. The van der Waals surface area contributed by atoms with Crippen LogP contribution in [0.2, 0.25) is 0 Å². The van der Waals surface area contributed by atoms with Gasteiger partial charge >= 0.3 is 0 Å². The molecule has 2 rings (SSSR count). The van der Waals surface area contributed by atoms with E-state index in [1.54, 1.807) is 12.1 Å². The van der Waals surface area contributed by atoms with Gasteiger partial charge in [0.15, 0.2) is 0 Å². The topological polar surface area (TPSA) is 52.5 Å². The molecule has 0 aliphatic carbocycles. The summed E-state index contributed by atoms with van der Waals surface area (Å²) in [5, 5.41) is 21.6. The van der Waals surface area contributed by atoms with E-state index >= 15 is 0 Å². The first-order valence-electron chi connectivity index (χ1n) is 6.10. The third-order valence-corrected chi connectivity index (χ3v) is 3.64. The largest absolute Gasteiger partial charge is 0.508 e. The molecular weight excluding hydrogens is 306 g/mol. The molecule has 0 amide bonds. The minimum atomic E-state index is 0.170. The Morgan fingerprint density at radius 2 is 1.79 bits per heavy atom. The molecule has 3 N–H and O–H groups in total. The zero-order chi connectivity index (χ0) is 13.7. The SMILES string of the molecule is OCCc1ccc(NCc2cc(O)ccc2Br)cc1. The average Bonchev–Trinajstić information content (AvgIpc) is 2.42. The van der Waals surface area contributed by atoms with Crippen molar-refractivity contribution in [3.63, 3.8) is 0 Å². The lowest BCUT2D eigenvalue weighted by atomic mass is 10.1. The number of halogens is 1. The van der Waals surface area contributed by atoms with Crippen molar-refractivity contribution in [2.45, 2.75) is 13.0 Å². The summed E-state index contributed by atoms with van der Waals surface area (Å²) in [7, 11) is 0. The third-order valence-electron chi connectivity index (χ3n) is 2.87. The Balaban J connectivity index is 2.00. The van der Waals surface area contributed by atoms with Crippen LogP contribution in [0.5, 0.6) is 5.75 Å². The van der Waals surface area contributed by atoms with E-state index in [9.17, 15) is 5.11 Å². The van der Waals surface area contributed by atoms with Crippen LogP contribution in [-0.4, -0.2) is 16.8 Å². The Kier molecular flexibility index (Phi) is 4.82. The van der Waals surface area contributed by atoms with Gasteiger partial charge in [0, 0.05) is 23.3 Å². The number of aliphatic hydroxyl groups is 1. The second kappa shape index (κ2) is 6.59. The first kappa shape index (κ1) is 13.9. The fraction of sp³-hybridized carbons (Fsp3) is 0.200. The molecular formula is C15H16BrNO2. The van der Waals surface area contributed by atoms with Crippen molar-refractivity contribution in [2.75, 3.05) is 11.9 Å². The molecule has 0 bridgehead atoms. The molecule has 0 atom stereocenters. The van der Waals surface area contributed by atoms with E-state index in [1.165, 1.54) is 0 Å². The zero-order valence-corrected chi connectivity index (χ0v) is 12.0. The van der Waals surface area contributed by atoms with Gasteiger partial charge in [-0.05, 0) is 47.9 Å². The van der Waals surface area contributed by atoms with Gasteiger partial charge in [-0.25, -0.2) is 0 Å². The summed E-state index contributed by atoms with van der Waals surface area (Å²) in [6.07, 6.45) is 0.679. The first-order valence-corrected chi connectivity index (χ1v) is 6.89. The number of hydrogen-bond donors (Lipinski definition) is 3. The molecule has 0 saturated carbocycles. The number of anilines is 1. The summed E-state index contributed by atoms with van der Waals surface area (Å²) < 4.78 is 0.967. The van der Waals surface area contributed by atoms with Crippen molar-refractivity contribution in [3.8, 4) is 5.75 Å². The number of hydrogen-bond acceptors (Lipinski definition) is 3. The van der Waals surface area contributed by atoms with E-state index in [-0.39, 0.29) is 12.4 Å². The van der Waals surface area contributed by atoms with Gasteiger partial charge in [0.1, 0.15) is 5.75 Å². The van der Waals surface area contributed by atoms with Crippen LogP contribution < -0.4 is 5.32 Å². The molecule has 0 fully saturated rings. The Labute approximate surface area is 121 Å². The van der Waals surface area contributed by atoms with Crippen molar-refractivity contribution in [1.82, 2.24) is 0 Å². The maximum Gasteiger partial charge on any atom is 0.115 e. The van der Waals surface area contributed by atoms with Gasteiger partial charge in [0.05, 0.1) is 0 Å². The fourth-order valence-electron chi connectivity index (χ4n) is 1.81. The maximum atomic E-state index is 9.46. The molecule has 2 aromatic carbocycles. The number of phenolic OH excluding ortho intramolecular Hbond substituents is 1. The molecule has 2 aromatic rings. The van der Waals surface area contributed by atoms with Gasteiger partial charge in [-0.3, -0.25) is 0 Å². The number of benzene rings is 2. The smallest absolute Gasteiger partial charge is 0.115 e. The Hall–Kier alpha value is -1.52. The number of rotatable bonds is 5. The number of aromatic hydroxyl groups is 1. The van der Waals surface area contributed by atoms with Crippen LogP contribution in [0, 0.1) is 0 Å². The van der Waals surface area contributed by atoms with Gasteiger partial charge in [-0.2, -0.15) is 0 Å². The lowest BCUT2D eigenvalue weighted by molar-refractivity contribution is 0.299. The molecule has 0 unspecified atom stereocenters. The monoisotopic (exact) mass is 321 g/mol. The highest BCUT2D eigenvalue weighted by atomic mass is 79.9. The average molecular weight is 322 g/mol. The van der Waals surface area contributed by atoms with Crippen LogP contribution in [0.3, 0.4) is 0 Å². The highest BCUT2D eigenvalue weighted by molar-refractivity contribution is 9.10. The van der Waals surface area contributed by atoms with E-state index in [4.69, 9.17) is 5.11 Å². The van der Waals surface area contributed by atoms with Crippen molar-refractivity contribution >= 4 is 21.6 Å². The minimum Gasteiger partial charge on any atom is -0.508 e. The predicted octanol–water partition coefficient (Wildman–Crippen LogP) is 3.30. The Morgan fingerprint density at radius 1 is 1.05 bits per heavy atom. The molecule has 4 heteroatoms. The third kappa shape index (κ3) is 3.98. The van der Waals surface area contributed by atoms with Gasteiger partial charge in [-0.1, -0.05) is 28.1 Å². The molecule has 19 heavy (non-hydrogen) atoms. The standard InChI is InChI=1S/C15H16BrNO2/c16-15-6-5-14(19)9-12(15)10-17-13-3-1-11(2-4-13)7-8-18/h1-6,9,17-19H,7-8,10H2. The van der Waals surface area contributed by atoms with Gasteiger partial charge < -0.3 is 15.5 Å². The van der Waals surface area contributed by atoms with Crippen molar-refractivity contribution in [2.24, 2.45) is 0 Å². The van der Waals surface area contributed by atoms with Crippen LogP contribution in [-0.2, 0) is 13.0 Å². The predicted molar refractivity (Wildman–Crippen MR) is 80.4 cm³/mol. The molecule has 0 spiro atoms. The summed E-state index contributed by atoms with van der Waals surface area (Å²) >= 11 is 3.46. The first-order chi connectivity index (χ1) is 9.19. The second-order valence-electron chi connectivity index (χ2n) is 4.30. The fourth-order valence-corrected chi connectivity index (χ4v) is 2.20. The molecule has 0 heterocycles. The molecule has 0 aromatic heterocycles. The minimum absolute atomic E-state index is 0.170. The number of aliphatic hydroxyl groups excluding tert-OH is 1. The molecule has 0 aliphatic rings. The van der Waals surface area contributed by atoms with Crippen molar-refractivity contribution < 1.29 is 10.2 Å². The Bertz CT molecular complexity index is 540. The van der Waals surface area contributed by atoms with E-state index in [2.05, 4.69) is 21.2 Å². The quantitative estimate of drug-likeness (QED) is 0.792. The summed E-state index contributed by atoms with van der Waals surface area (Å²) in [6, 6.07) is 13.2. The lowest BCUT2D eigenvalue weighted by Crippen LogP contribution is -2.00. The van der Waals surface area contributed by atoms with Crippen LogP contribution in [0.4, 0.5) is 5.69 Å². The molecule has 0 saturated heterocycles. The van der Waals surface area contributed by atoms with E-state index < -0.39 is 0 Å². The maximum absolute atomic E-state index is 9.46. The van der Waals surface area contributed by atoms with Gasteiger partial charge in [0.2, 0.25) is 0 Å². The van der Waals surface area contributed by atoms with E-state index in [1.807, 2.05) is 30.3 Å². The van der Waals surface area contributed by atoms with Gasteiger partial charge in [-0.15, -0.1) is 0 Å². The number of phenols is 1. The van der Waals surface area contributed by atoms with Crippen LogP contribution in [0.15, 0.2) is 46.9 Å². The summed E-state index contributed by atoms with van der Waals surface area (Å²) in [5.41, 5.74) is 3.13. The van der Waals surface area contributed by atoms with Gasteiger partial charge in [0.25, 0.3) is 0 Å². The summed E-state index contributed by atoms with van der Waals surface area (Å²) in [6.45, 7) is 0.803. The van der Waals surface area contributed by atoms with Crippen molar-refractivity contribution in [1.29, 1.82) is 0 Å². The summed E-state index contributed by atoms with van der Waals surface area (Å²) in [5.74, 6) is 0.262. The number of nitrogens with one attached hydrogen (secondary N) is 1. The molecule has 3 nitrogen and oxygen atoms in total. The van der Waals surface area contributed by atoms with E-state index in [0.717, 1.165) is 21.3 Å². The highest BCUT2D eigenvalue weighted by Gasteiger charge is 2.01. The highest BCUT2D eigenvalue weighted by Crippen LogP contribution is 2.22. The normalized spacial score (nSPS) is 10.4. The van der Waals surface area contributed by atoms with Crippen molar-refractivity contribution in [3.05, 3.63) is 58.1 Å². The molecule has 0 aliphatic heterocycles. The van der Waals surface area contributed by atoms with Crippen LogP contribution >= 0.6 is 15.9 Å². The van der Waals surface area contributed by atoms with Crippen LogP contribution in [0.25, 0.3) is 0 Å². The molecule has 0 radical (unpaired) electrons.